The topological polar surface area (TPSA) is 219 Å². The van der Waals surface area contributed by atoms with Crippen molar-refractivity contribution >= 4 is 23.9 Å². The van der Waals surface area contributed by atoms with E-state index in [1.54, 1.807) is 0 Å². The molecule has 0 unspecified atom stereocenters. The summed E-state index contributed by atoms with van der Waals surface area (Å²) in [5.41, 5.74) is -7.86. The van der Waals surface area contributed by atoms with Gasteiger partial charge in [0.15, 0.2) is 11.2 Å². The van der Waals surface area contributed by atoms with Crippen LogP contribution in [0, 0.1) is 0 Å². The maximum Gasteiger partial charge on any atom is 0.334 e. The summed E-state index contributed by atoms with van der Waals surface area (Å²) in [5.74, 6) is -6.17. The van der Waals surface area contributed by atoms with Crippen molar-refractivity contribution in [3.05, 3.63) is 46.8 Å². The van der Waals surface area contributed by atoms with E-state index in [1.807, 2.05) is 0 Å². The molecule has 0 radical (unpaired) electrons. The van der Waals surface area contributed by atoms with Crippen molar-refractivity contribution in [1.29, 1.82) is 0 Å². The van der Waals surface area contributed by atoms with Crippen molar-refractivity contribution in [2.45, 2.75) is 45.0 Å². The van der Waals surface area contributed by atoms with Crippen LogP contribution in [0.1, 0.15) is 27.7 Å². The monoisotopic (exact) mass is 458 g/mol. The summed E-state index contributed by atoms with van der Waals surface area (Å²) < 4.78 is 5.38. The minimum absolute atomic E-state index is 0.475. The first-order valence-electron chi connectivity index (χ1n) is 8.92. The molecule has 178 valence electrons. The third-order valence-electron chi connectivity index (χ3n) is 4.39. The molecular formula is C20H26O12. The Bertz CT molecular complexity index is 862. The quantitative estimate of drug-likeness (QED) is 0.151. The van der Waals surface area contributed by atoms with Crippen LogP contribution in [0.15, 0.2) is 46.8 Å². The molecule has 0 rings (SSSR count). The van der Waals surface area contributed by atoms with Crippen LogP contribution in [-0.2, 0) is 23.9 Å². The molecule has 7 N–H and O–H groups in total. The van der Waals surface area contributed by atoms with Crippen LogP contribution in [0.5, 0.6) is 0 Å². The lowest BCUT2D eigenvalue weighted by Crippen LogP contribution is -2.61. The number of aliphatic hydroxyl groups excluding tert-OH is 2. The number of rotatable bonds is 12. The van der Waals surface area contributed by atoms with E-state index in [2.05, 4.69) is 0 Å². The number of hydrogen-bond acceptors (Lipinski definition) is 8. The molecule has 0 aliphatic heterocycles. The number of ether oxygens (including phenoxy) is 1. The fraction of sp³-hybridized carbons (Fsp3) is 0.400. The van der Waals surface area contributed by atoms with Gasteiger partial charge in [-0.3, -0.25) is 0 Å². The van der Waals surface area contributed by atoms with E-state index >= 15 is 0 Å². The summed E-state index contributed by atoms with van der Waals surface area (Å²) in [6, 6.07) is 0. The van der Waals surface area contributed by atoms with Gasteiger partial charge >= 0.3 is 23.9 Å². The fourth-order valence-corrected chi connectivity index (χ4v) is 2.44. The molecule has 0 aliphatic rings. The van der Waals surface area contributed by atoms with Gasteiger partial charge in [0, 0.05) is 16.7 Å². The number of aliphatic carboxylic acids is 4. The molecule has 0 aromatic heterocycles. The predicted molar refractivity (Wildman–Crippen MR) is 107 cm³/mol. The van der Waals surface area contributed by atoms with Gasteiger partial charge in [-0.05, 0) is 45.9 Å². The highest BCUT2D eigenvalue weighted by Gasteiger charge is 2.54. The van der Waals surface area contributed by atoms with Gasteiger partial charge in [0.1, 0.15) is 6.10 Å². The van der Waals surface area contributed by atoms with Crippen molar-refractivity contribution in [1.82, 2.24) is 0 Å². The Morgan fingerprint density at radius 3 is 1.41 bits per heavy atom. The number of carboxylic acid groups (broad SMARTS) is 4. The number of carbonyl (C=O) groups is 4. The smallest absolute Gasteiger partial charge is 0.334 e. The van der Waals surface area contributed by atoms with Crippen LogP contribution in [0.25, 0.3) is 0 Å². The molecule has 0 saturated heterocycles. The van der Waals surface area contributed by atoms with Crippen LogP contribution in [0.4, 0.5) is 0 Å². The molecule has 32 heavy (non-hydrogen) atoms. The third-order valence-corrected chi connectivity index (χ3v) is 4.39. The maximum atomic E-state index is 11.5. The van der Waals surface area contributed by atoms with Crippen LogP contribution in [-0.4, -0.2) is 83.5 Å². The Morgan fingerprint density at radius 1 is 0.750 bits per heavy atom. The molecule has 0 aliphatic carbocycles. The summed E-state index contributed by atoms with van der Waals surface area (Å²) in [5, 5.41) is 68.3. The fourth-order valence-electron chi connectivity index (χ4n) is 2.44. The van der Waals surface area contributed by atoms with E-state index in [4.69, 9.17) is 9.84 Å². The van der Waals surface area contributed by atoms with Gasteiger partial charge in [-0.1, -0.05) is 0 Å². The van der Waals surface area contributed by atoms with Crippen LogP contribution in [0.2, 0.25) is 0 Å². The molecule has 0 aromatic carbocycles. The van der Waals surface area contributed by atoms with Crippen molar-refractivity contribution < 1.29 is 59.7 Å². The molecular weight excluding hydrogens is 432 g/mol. The zero-order valence-corrected chi connectivity index (χ0v) is 17.8. The summed E-state index contributed by atoms with van der Waals surface area (Å²) in [4.78, 5) is 45.5. The second-order valence-electron chi connectivity index (χ2n) is 6.94. The lowest BCUT2D eigenvalue weighted by molar-refractivity contribution is -0.150. The Labute approximate surface area is 182 Å². The third kappa shape index (κ3) is 6.77. The van der Waals surface area contributed by atoms with Gasteiger partial charge in [-0.25, -0.2) is 19.2 Å². The standard InChI is InChI=1S/C20H26O12/c1-10(15(23)24)5-19(6-11(2)16(25)26,32-9-13(4)18(29)30)20(31,14(22)8-21)7-12(3)17(27)28/h5-7,9,14,21-22,31H,8H2,1-4H3,(H,23,24)(H,25,26)(H,27,28)(H,29,30)/t14-,19?,20-/m1/s1. The molecule has 0 amide bonds. The van der Waals surface area contributed by atoms with Gasteiger partial charge in [-0.15, -0.1) is 0 Å². The summed E-state index contributed by atoms with van der Waals surface area (Å²) in [6.07, 6.45) is 0.178. The van der Waals surface area contributed by atoms with Gasteiger partial charge in [0.25, 0.3) is 0 Å². The molecule has 0 heterocycles. The molecule has 12 heteroatoms. The zero-order valence-electron chi connectivity index (χ0n) is 17.8. The summed E-state index contributed by atoms with van der Waals surface area (Å²) in [7, 11) is 0. The normalized spacial score (nSPS) is 18.2. The first-order valence-corrected chi connectivity index (χ1v) is 8.92. The van der Waals surface area contributed by atoms with E-state index in [9.17, 15) is 49.8 Å². The number of carboxylic acids is 4. The minimum atomic E-state index is -2.99. The lowest BCUT2D eigenvalue weighted by Gasteiger charge is -2.44. The molecule has 0 saturated carbocycles. The highest BCUT2D eigenvalue weighted by molar-refractivity contribution is 5.89. The average molecular weight is 458 g/mol. The first-order chi connectivity index (χ1) is 14.5. The lowest BCUT2D eigenvalue weighted by atomic mass is 9.75. The zero-order chi connectivity index (χ0) is 25.4. The average Bonchev–Trinajstić information content (AvgIpc) is 2.69. The van der Waals surface area contributed by atoms with Crippen molar-refractivity contribution in [3.63, 3.8) is 0 Å². The number of aliphatic hydroxyl groups is 3. The van der Waals surface area contributed by atoms with Crippen LogP contribution < -0.4 is 0 Å². The Morgan fingerprint density at radius 2 is 1.09 bits per heavy atom. The van der Waals surface area contributed by atoms with E-state index < -0.39 is 70.1 Å². The molecule has 2 atom stereocenters. The van der Waals surface area contributed by atoms with Gasteiger partial charge in [0.05, 0.1) is 18.4 Å². The van der Waals surface area contributed by atoms with Crippen LogP contribution >= 0.6 is 0 Å². The highest BCUT2D eigenvalue weighted by atomic mass is 16.5. The molecule has 12 nitrogen and oxygen atoms in total. The van der Waals surface area contributed by atoms with E-state index in [0.717, 1.165) is 27.7 Å². The Hall–Kier alpha value is -3.48. The SMILES string of the molecule is CC(=COC(C=C(C)C(=O)O)(C=C(C)C(=O)O)[C@@](O)(C=C(C)C(=O)O)[C@H](O)CO)C(=O)O. The summed E-state index contributed by atoms with van der Waals surface area (Å²) >= 11 is 0. The molecule has 0 spiro atoms. The highest BCUT2D eigenvalue weighted by Crippen LogP contribution is 2.38. The summed E-state index contributed by atoms with van der Waals surface area (Å²) in [6.45, 7) is 2.92. The Kier molecular flexibility index (Phi) is 10.0. The predicted octanol–water partition coefficient (Wildman–Crippen LogP) is -0.0928. The van der Waals surface area contributed by atoms with Gasteiger partial charge in [-0.2, -0.15) is 0 Å². The maximum absolute atomic E-state index is 11.5. The molecule has 0 fully saturated rings. The van der Waals surface area contributed by atoms with E-state index in [1.165, 1.54) is 0 Å². The van der Waals surface area contributed by atoms with Gasteiger partial charge in [0.2, 0.25) is 0 Å². The molecule has 0 bridgehead atoms. The number of hydrogen-bond donors (Lipinski definition) is 7. The van der Waals surface area contributed by atoms with E-state index in [-0.39, 0.29) is 0 Å². The molecule has 0 aromatic rings. The second-order valence-corrected chi connectivity index (χ2v) is 6.94. The largest absolute Gasteiger partial charge is 0.483 e. The van der Waals surface area contributed by atoms with Crippen LogP contribution in [0.3, 0.4) is 0 Å². The minimum Gasteiger partial charge on any atom is -0.483 e. The van der Waals surface area contributed by atoms with Crippen molar-refractivity contribution in [3.8, 4) is 0 Å². The first kappa shape index (κ1) is 28.5. The second kappa shape index (κ2) is 11.2. The van der Waals surface area contributed by atoms with Crippen molar-refractivity contribution in [2.75, 3.05) is 6.61 Å². The van der Waals surface area contributed by atoms with Gasteiger partial charge < -0.3 is 40.5 Å². The Balaban J connectivity index is 7.69. The van der Waals surface area contributed by atoms with E-state index in [0.29, 0.717) is 24.5 Å². The van der Waals surface area contributed by atoms with Crippen molar-refractivity contribution in [2.24, 2.45) is 0 Å².